The lowest BCUT2D eigenvalue weighted by Crippen LogP contribution is -2.52. The number of halogens is 1. The number of para-hydroxylation sites is 2. The van der Waals surface area contributed by atoms with Gasteiger partial charge in [-0.1, -0.05) is 12.1 Å². The topological polar surface area (TPSA) is 53.0 Å². The van der Waals surface area contributed by atoms with Crippen LogP contribution in [0.3, 0.4) is 0 Å². The fourth-order valence-electron chi connectivity index (χ4n) is 3.50. The normalized spacial score (nSPS) is 14.5. The van der Waals surface area contributed by atoms with Crippen LogP contribution < -0.4 is 15.0 Å². The van der Waals surface area contributed by atoms with E-state index >= 15 is 0 Å². The Bertz CT molecular complexity index is 774. The highest BCUT2D eigenvalue weighted by Gasteiger charge is 2.21. The third-order valence-electron chi connectivity index (χ3n) is 4.98. The Morgan fingerprint density at radius 2 is 1.97 bits per heavy atom. The largest absolute Gasteiger partial charge is 0.495 e. The van der Waals surface area contributed by atoms with Gasteiger partial charge in [0.25, 0.3) is 0 Å². The zero-order valence-electron chi connectivity index (χ0n) is 17.6. The molecule has 29 heavy (non-hydrogen) atoms. The predicted octanol–water partition coefficient (Wildman–Crippen LogP) is 3.80. The van der Waals surface area contributed by atoms with Gasteiger partial charge in [-0.2, -0.15) is 0 Å². The molecule has 0 saturated carbocycles. The van der Waals surface area contributed by atoms with Gasteiger partial charge in [0.2, 0.25) is 0 Å². The fourth-order valence-corrected chi connectivity index (χ4v) is 4.32. The summed E-state index contributed by atoms with van der Waals surface area (Å²) in [5, 5.41) is 6.89. The van der Waals surface area contributed by atoms with Crippen molar-refractivity contribution in [3.8, 4) is 5.75 Å². The van der Waals surface area contributed by atoms with E-state index in [2.05, 4.69) is 49.5 Å². The Labute approximate surface area is 195 Å². The van der Waals surface area contributed by atoms with Gasteiger partial charge in [-0.05, 0) is 38.3 Å². The van der Waals surface area contributed by atoms with E-state index in [1.807, 2.05) is 19.2 Å². The van der Waals surface area contributed by atoms with Crippen LogP contribution in [0.4, 0.5) is 5.69 Å². The third-order valence-corrected chi connectivity index (χ3v) is 6.01. The number of rotatable bonds is 7. The SMILES string of the molecule is CN=C(NCCCCc1nc(C)cs1)N1CCN(c2ccccc2OC)CC1.I. The van der Waals surface area contributed by atoms with Crippen LogP contribution in [0.5, 0.6) is 5.75 Å². The van der Waals surface area contributed by atoms with Crippen LogP contribution in [0.15, 0.2) is 34.6 Å². The lowest BCUT2D eigenvalue weighted by molar-refractivity contribution is 0.367. The summed E-state index contributed by atoms with van der Waals surface area (Å²) in [6.07, 6.45) is 3.34. The molecule has 1 aromatic carbocycles. The Hall–Kier alpha value is -1.55. The number of methoxy groups -OCH3 is 1. The molecule has 1 aliphatic heterocycles. The van der Waals surface area contributed by atoms with Gasteiger partial charge in [-0.3, -0.25) is 4.99 Å². The molecule has 0 unspecified atom stereocenters. The van der Waals surface area contributed by atoms with Crippen molar-refractivity contribution in [2.75, 3.05) is 51.8 Å². The minimum Gasteiger partial charge on any atom is -0.495 e. The lowest BCUT2D eigenvalue weighted by Gasteiger charge is -2.38. The zero-order valence-corrected chi connectivity index (χ0v) is 20.7. The number of thiazole rings is 1. The number of benzene rings is 1. The first kappa shape index (κ1) is 23.7. The van der Waals surface area contributed by atoms with Crippen LogP contribution in [-0.4, -0.2) is 62.7 Å². The molecule has 0 bridgehead atoms. The number of nitrogens with one attached hydrogen (secondary N) is 1. The second kappa shape index (κ2) is 12.2. The predicted molar refractivity (Wildman–Crippen MR) is 133 cm³/mol. The first-order chi connectivity index (χ1) is 13.7. The van der Waals surface area contributed by atoms with Crippen molar-refractivity contribution in [3.63, 3.8) is 0 Å². The van der Waals surface area contributed by atoms with E-state index < -0.39 is 0 Å². The van der Waals surface area contributed by atoms with Crippen molar-refractivity contribution in [1.82, 2.24) is 15.2 Å². The molecule has 8 heteroatoms. The molecule has 3 rings (SSSR count). The highest BCUT2D eigenvalue weighted by Crippen LogP contribution is 2.28. The summed E-state index contributed by atoms with van der Waals surface area (Å²) in [6.45, 7) is 6.84. The second-order valence-electron chi connectivity index (χ2n) is 6.96. The van der Waals surface area contributed by atoms with Crippen LogP contribution >= 0.6 is 35.3 Å². The van der Waals surface area contributed by atoms with Gasteiger partial charge in [0.15, 0.2) is 5.96 Å². The molecular formula is C21H32IN5OS. The van der Waals surface area contributed by atoms with Crippen molar-refractivity contribution >= 4 is 47.0 Å². The summed E-state index contributed by atoms with van der Waals surface area (Å²) in [5.74, 6) is 1.94. The summed E-state index contributed by atoms with van der Waals surface area (Å²) in [5.41, 5.74) is 2.30. The quantitative estimate of drug-likeness (QED) is 0.256. The van der Waals surface area contributed by atoms with Gasteiger partial charge in [0.05, 0.1) is 17.8 Å². The number of aliphatic imine (C=N–C) groups is 1. The van der Waals surface area contributed by atoms with Gasteiger partial charge in [0, 0.05) is 50.8 Å². The van der Waals surface area contributed by atoms with Gasteiger partial charge < -0.3 is 19.9 Å². The molecule has 0 spiro atoms. The van der Waals surface area contributed by atoms with Gasteiger partial charge in [-0.25, -0.2) is 4.98 Å². The van der Waals surface area contributed by atoms with Crippen LogP contribution in [0.25, 0.3) is 0 Å². The Morgan fingerprint density at radius 3 is 2.62 bits per heavy atom. The van der Waals surface area contributed by atoms with Crippen LogP contribution in [0, 0.1) is 6.92 Å². The summed E-state index contributed by atoms with van der Waals surface area (Å²) in [4.78, 5) is 13.7. The minimum atomic E-state index is 0. The first-order valence-electron chi connectivity index (χ1n) is 9.96. The van der Waals surface area contributed by atoms with Gasteiger partial charge in [-0.15, -0.1) is 35.3 Å². The van der Waals surface area contributed by atoms with Crippen LogP contribution in [0.2, 0.25) is 0 Å². The molecule has 0 atom stereocenters. The Kier molecular flexibility index (Phi) is 9.99. The maximum atomic E-state index is 5.51. The molecule has 6 nitrogen and oxygen atoms in total. The summed E-state index contributed by atoms with van der Waals surface area (Å²) < 4.78 is 5.51. The van der Waals surface area contributed by atoms with E-state index in [0.29, 0.717) is 0 Å². The van der Waals surface area contributed by atoms with Crippen molar-refractivity contribution in [2.24, 2.45) is 4.99 Å². The monoisotopic (exact) mass is 529 g/mol. The van der Waals surface area contributed by atoms with E-state index in [9.17, 15) is 0 Å². The zero-order chi connectivity index (χ0) is 19.8. The van der Waals surface area contributed by atoms with Crippen LogP contribution in [0.1, 0.15) is 23.5 Å². The summed E-state index contributed by atoms with van der Waals surface area (Å²) >= 11 is 1.76. The van der Waals surface area contributed by atoms with Crippen molar-refractivity contribution in [2.45, 2.75) is 26.2 Å². The number of anilines is 1. The summed E-state index contributed by atoms with van der Waals surface area (Å²) in [6, 6.07) is 8.23. The molecule has 1 fully saturated rings. The van der Waals surface area contributed by atoms with Crippen molar-refractivity contribution in [3.05, 3.63) is 40.3 Å². The average Bonchev–Trinajstić information content (AvgIpc) is 3.16. The number of hydrogen-bond acceptors (Lipinski definition) is 5. The molecule has 0 aliphatic carbocycles. The van der Waals surface area contributed by atoms with E-state index in [1.165, 1.54) is 10.7 Å². The number of hydrogen-bond donors (Lipinski definition) is 1. The number of nitrogens with zero attached hydrogens (tertiary/aromatic N) is 4. The number of ether oxygens (including phenoxy) is 1. The second-order valence-corrected chi connectivity index (χ2v) is 7.90. The molecule has 1 N–H and O–H groups in total. The standard InChI is InChI=1S/C21H31N5OS.HI/c1-17-16-28-20(24-17)10-6-7-11-23-21(22-2)26-14-12-25(13-15-26)18-8-4-5-9-19(18)27-3;/h4-5,8-9,16H,6-7,10-15H2,1-3H3,(H,22,23);1H. The van der Waals surface area contributed by atoms with Gasteiger partial charge >= 0.3 is 0 Å². The van der Waals surface area contributed by atoms with E-state index in [1.54, 1.807) is 18.4 Å². The molecule has 2 heterocycles. The molecule has 2 aromatic rings. The smallest absolute Gasteiger partial charge is 0.193 e. The minimum absolute atomic E-state index is 0. The number of aryl methyl sites for hydroxylation is 2. The van der Waals surface area contributed by atoms with E-state index in [4.69, 9.17) is 4.74 Å². The third kappa shape index (κ3) is 6.74. The number of aromatic nitrogens is 1. The fraction of sp³-hybridized carbons (Fsp3) is 0.524. The number of guanidine groups is 1. The van der Waals surface area contributed by atoms with Crippen molar-refractivity contribution in [1.29, 1.82) is 0 Å². The molecular weight excluding hydrogens is 497 g/mol. The maximum Gasteiger partial charge on any atom is 0.193 e. The lowest BCUT2D eigenvalue weighted by atomic mass is 10.2. The van der Waals surface area contributed by atoms with Gasteiger partial charge in [0.1, 0.15) is 5.75 Å². The Balaban J connectivity index is 0.00000300. The summed E-state index contributed by atoms with van der Waals surface area (Å²) in [7, 11) is 3.60. The number of unbranched alkanes of at least 4 members (excludes halogenated alkanes) is 1. The van der Waals surface area contributed by atoms with Crippen molar-refractivity contribution < 1.29 is 4.74 Å². The Morgan fingerprint density at radius 1 is 1.21 bits per heavy atom. The average molecular weight is 529 g/mol. The molecule has 1 aromatic heterocycles. The van der Waals surface area contributed by atoms with Crippen LogP contribution in [-0.2, 0) is 6.42 Å². The number of piperazine rings is 1. The molecule has 0 radical (unpaired) electrons. The molecule has 1 aliphatic rings. The molecule has 1 saturated heterocycles. The van der Waals surface area contributed by atoms with E-state index in [0.717, 1.165) is 69.4 Å². The first-order valence-corrected chi connectivity index (χ1v) is 10.8. The highest BCUT2D eigenvalue weighted by atomic mass is 127. The molecule has 0 amide bonds. The van der Waals surface area contributed by atoms with E-state index in [-0.39, 0.29) is 24.0 Å². The maximum absolute atomic E-state index is 5.51. The highest BCUT2D eigenvalue weighted by molar-refractivity contribution is 14.0. The molecule has 160 valence electrons.